The fourth-order valence-electron chi connectivity index (χ4n) is 2.29. The molecule has 0 saturated carbocycles. The summed E-state index contributed by atoms with van der Waals surface area (Å²) in [6.45, 7) is 6.19. The third kappa shape index (κ3) is 3.37. The van der Waals surface area contributed by atoms with E-state index in [1.165, 1.54) is 0 Å². The molecule has 0 bridgehead atoms. The van der Waals surface area contributed by atoms with Crippen molar-refractivity contribution in [1.29, 1.82) is 0 Å². The molecule has 110 valence electrons. The first-order chi connectivity index (χ1) is 9.28. The normalized spacial score (nSPS) is 18.7. The average Bonchev–Trinajstić information content (AvgIpc) is 2.54. The first-order valence-electron chi connectivity index (χ1n) is 6.81. The van der Waals surface area contributed by atoms with Gasteiger partial charge in [-0.05, 0) is 51.3 Å². The van der Waals surface area contributed by atoms with E-state index in [1.54, 1.807) is 6.07 Å². The number of hydrogen-bond donors (Lipinski definition) is 2. The van der Waals surface area contributed by atoms with E-state index in [-0.39, 0.29) is 11.9 Å². The molecule has 1 aromatic carbocycles. The van der Waals surface area contributed by atoms with Crippen LogP contribution in [0, 0.1) is 5.92 Å². The van der Waals surface area contributed by atoms with Crippen LogP contribution in [0.25, 0.3) is 0 Å². The Morgan fingerprint density at radius 1 is 1.45 bits per heavy atom. The Kier molecular flexibility index (Phi) is 4.14. The minimum Gasteiger partial charge on any atom is -0.460 e. The van der Waals surface area contributed by atoms with Gasteiger partial charge in [0.2, 0.25) is 0 Å². The minimum atomic E-state index is -0.460. The number of nitrogen functional groups attached to an aromatic ring is 1. The lowest BCUT2D eigenvalue weighted by atomic mass is 10.0. The number of rotatable bonds is 1. The van der Waals surface area contributed by atoms with E-state index in [1.807, 2.05) is 26.8 Å². The lowest BCUT2D eigenvalue weighted by Crippen LogP contribution is -2.31. The van der Waals surface area contributed by atoms with Gasteiger partial charge >= 0.3 is 5.97 Å². The summed E-state index contributed by atoms with van der Waals surface area (Å²) in [6.07, 6.45) is 1.42. The molecule has 1 aliphatic heterocycles. The van der Waals surface area contributed by atoms with Gasteiger partial charge in [-0.3, -0.25) is 4.79 Å². The van der Waals surface area contributed by atoms with Crippen LogP contribution in [0.5, 0.6) is 0 Å². The van der Waals surface area contributed by atoms with Crippen LogP contribution in [0.1, 0.15) is 32.8 Å². The molecule has 1 aromatic rings. The van der Waals surface area contributed by atoms with Crippen LogP contribution in [0.3, 0.4) is 0 Å². The highest BCUT2D eigenvalue weighted by molar-refractivity contribution is 6.34. The van der Waals surface area contributed by atoms with Crippen LogP contribution in [0.2, 0.25) is 5.02 Å². The van der Waals surface area contributed by atoms with E-state index in [2.05, 4.69) is 5.32 Å². The van der Waals surface area contributed by atoms with E-state index < -0.39 is 5.60 Å². The minimum absolute atomic E-state index is 0.165. The van der Waals surface area contributed by atoms with Crippen molar-refractivity contribution in [1.82, 2.24) is 0 Å². The monoisotopic (exact) mass is 296 g/mol. The summed E-state index contributed by atoms with van der Waals surface area (Å²) in [6, 6.07) is 3.69. The molecule has 1 aliphatic rings. The first-order valence-corrected chi connectivity index (χ1v) is 7.19. The van der Waals surface area contributed by atoms with Crippen LogP contribution in [0.4, 0.5) is 11.4 Å². The SMILES string of the molecule is CC(C)(C)OC(=O)C1CCc2c(ccc(N)c2Cl)NC1. The van der Waals surface area contributed by atoms with Gasteiger partial charge in [0.05, 0.1) is 16.6 Å². The Morgan fingerprint density at radius 3 is 2.80 bits per heavy atom. The molecule has 4 nitrogen and oxygen atoms in total. The van der Waals surface area contributed by atoms with E-state index in [9.17, 15) is 4.79 Å². The second-order valence-electron chi connectivity index (χ2n) is 6.14. The van der Waals surface area contributed by atoms with Crippen molar-refractivity contribution in [2.75, 3.05) is 17.6 Å². The number of nitrogens with two attached hydrogens (primary N) is 1. The van der Waals surface area contributed by atoms with Crippen LogP contribution in [-0.4, -0.2) is 18.1 Å². The van der Waals surface area contributed by atoms with Crippen LogP contribution >= 0.6 is 11.6 Å². The second kappa shape index (κ2) is 5.52. The molecule has 5 heteroatoms. The van der Waals surface area contributed by atoms with Crippen molar-refractivity contribution >= 4 is 28.9 Å². The van der Waals surface area contributed by atoms with Crippen molar-refractivity contribution < 1.29 is 9.53 Å². The van der Waals surface area contributed by atoms with E-state index in [0.29, 0.717) is 23.7 Å². The summed E-state index contributed by atoms with van der Waals surface area (Å²) in [5, 5.41) is 3.85. The number of nitrogens with one attached hydrogen (secondary N) is 1. The zero-order valence-corrected chi connectivity index (χ0v) is 12.9. The standard InChI is InChI=1S/C15H21ClN2O2/c1-15(2,3)20-14(19)9-4-5-10-12(18-8-9)7-6-11(17)13(10)16/h6-7,9,18H,4-5,8,17H2,1-3H3. The molecular weight excluding hydrogens is 276 g/mol. The number of halogens is 1. The number of carbonyl (C=O) groups is 1. The smallest absolute Gasteiger partial charge is 0.311 e. The quantitative estimate of drug-likeness (QED) is 0.617. The number of fused-ring (bicyclic) bond motifs is 1. The molecule has 0 aromatic heterocycles. The predicted molar refractivity (Wildman–Crippen MR) is 82.0 cm³/mol. The zero-order chi connectivity index (χ0) is 14.9. The highest BCUT2D eigenvalue weighted by Gasteiger charge is 2.28. The third-order valence-corrected chi connectivity index (χ3v) is 3.74. The van der Waals surface area contributed by atoms with Crippen molar-refractivity contribution in [3.05, 3.63) is 22.7 Å². The van der Waals surface area contributed by atoms with Crippen molar-refractivity contribution in [3.8, 4) is 0 Å². The molecule has 1 atom stereocenters. The summed E-state index contributed by atoms with van der Waals surface area (Å²) in [5.41, 5.74) is 7.87. The number of anilines is 2. The fourth-order valence-corrected chi connectivity index (χ4v) is 2.55. The van der Waals surface area contributed by atoms with Crippen molar-refractivity contribution in [2.24, 2.45) is 5.92 Å². The van der Waals surface area contributed by atoms with Gasteiger partial charge in [0.1, 0.15) is 5.60 Å². The maximum Gasteiger partial charge on any atom is 0.311 e. The molecular formula is C15H21ClN2O2. The maximum absolute atomic E-state index is 12.1. The maximum atomic E-state index is 12.1. The van der Waals surface area contributed by atoms with Gasteiger partial charge in [0.15, 0.2) is 0 Å². The second-order valence-corrected chi connectivity index (χ2v) is 6.52. The lowest BCUT2D eigenvalue weighted by molar-refractivity contribution is -0.159. The Morgan fingerprint density at radius 2 is 2.15 bits per heavy atom. The van der Waals surface area contributed by atoms with E-state index in [4.69, 9.17) is 22.1 Å². The molecule has 1 heterocycles. The van der Waals surface area contributed by atoms with Gasteiger partial charge in [0.25, 0.3) is 0 Å². The van der Waals surface area contributed by atoms with Crippen LogP contribution in [0.15, 0.2) is 12.1 Å². The number of carbonyl (C=O) groups excluding carboxylic acids is 1. The van der Waals surface area contributed by atoms with Crippen LogP contribution in [-0.2, 0) is 16.0 Å². The van der Waals surface area contributed by atoms with Crippen LogP contribution < -0.4 is 11.1 Å². The molecule has 0 spiro atoms. The molecule has 20 heavy (non-hydrogen) atoms. The Bertz CT molecular complexity index is 523. The topological polar surface area (TPSA) is 64.3 Å². The number of esters is 1. The summed E-state index contributed by atoms with van der Waals surface area (Å²) in [4.78, 5) is 12.1. The van der Waals surface area contributed by atoms with Gasteiger partial charge < -0.3 is 15.8 Å². The highest BCUT2D eigenvalue weighted by atomic mass is 35.5. The van der Waals surface area contributed by atoms with E-state index in [0.717, 1.165) is 17.7 Å². The van der Waals surface area contributed by atoms with E-state index >= 15 is 0 Å². The lowest BCUT2D eigenvalue weighted by Gasteiger charge is -2.23. The Balaban J connectivity index is 2.12. The molecule has 2 rings (SSSR count). The Labute approximate surface area is 124 Å². The number of ether oxygens (including phenoxy) is 1. The highest BCUT2D eigenvalue weighted by Crippen LogP contribution is 2.34. The van der Waals surface area contributed by atoms with Gasteiger partial charge in [0, 0.05) is 12.2 Å². The van der Waals surface area contributed by atoms with Gasteiger partial charge in [-0.1, -0.05) is 11.6 Å². The number of hydrogen-bond acceptors (Lipinski definition) is 4. The largest absolute Gasteiger partial charge is 0.460 e. The predicted octanol–water partition coefficient (Wildman–Crippen LogP) is 3.24. The van der Waals surface area contributed by atoms with Crippen molar-refractivity contribution in [3.63, 3.8) is 0 Å². The molecule has 0 fully saturated rings. The first kappa shape index (κ1) is 15.0. The zero-order valence-electron chi connectivity index (χ0n) is 12.1. The molecule has 0 amide bonds. The molecule has 1 unspecified atom stereocenters. The fraction of sp³-hybridized carbons (Fsp3) is 0.533. The summed E-state index contributed by atoms with van der Waals surface area (Å²) in [7, 11) is 0. The van der Waals surface area contributed by atoms with Crippen molar-refractivity contribution in [2.45, 2.75) is 39.2 Å². The van der Waals surface area contributed by atoms with Gasteiger partial charge in [-0.25, -0.2) is 0 Å². The van der Waals surface area contributed by atoms with Gasteiger partial charge in [-0.2, -0.15) is 0 Å². The molecule has 3 N–H and O–H groups in total. The number of benzene rings is 1. The Hall–Kier alpha value is -1.42. The average molecular weight is 297 g/mol. The summed E-state index contributed by atoms with van der Waals surface area (Å²) < 4.78 is 5.45. The molecule has 0 radical (unpaired) electrons. The molecule has 0 aliphatic carbocycles. The molecule has 0 saturated heterocycles. The van der Waals surface area contributed by atoms with Gasteiger partial charge in [-0.15, -0.1) is 0 Å². The third-order valence-electron chi connectivity index (χ3n) is 3.29. The summed E-state index contributed by atoms with van der Waals surface area (Å²) in [5.74, 6) is -0.333. The summed E-state index contributed by atoms with van der Waals surface area (Å²) >= 11 is 6.24.